The van der Waals surface area contributed by atoms with Gasteiger partial charge in [-0.05, 0) is 0 Å². The molecule has 0 atom stereocenters. The SMILES string of the molecule is C[C-]=O.[CH2-][Si](C)(C)C.[Mg+2]. The van der Waals surface area contributed by atoms with Crippen LogP contribution in [0, 0.1) is 6.55 Å². The summed E-state index contributed by atoms with van der Waals surface area (Å²) >= 11 is 0. The maximum absolute atomic E-state index is 8.68. The van der Waals surface area contributed by atoms with Crippen LogP contribution in [0.25, 0.3) is 0 Å². The molecular formula is C6H14MgOSi. The third kappa shape index (κ3) is 898. The molecule has 3 heteroatoms. The molecule has 1 nitrogen and oxygen atoms in total. The fraction of sp³-hybridized carbons (Fsp3) is 0.667. The Morgan fingerprint density at radius 3 is 1.33 bits per heavy atom. The molecule has 0 spiro atoms. The van der Waals surface area contributed by atoms with E-state index < -0.39 is 8.07 Å². The van der Waals surface area contributed by atoms with Gasteiger partial charge in [-0.15, -0.1) is 8.07 Å². The van der Waals surface area contributed by atoms with Gasteiger partial charge in [0.05, 0.1) is 0 Å². The number of hydrogen-bond donors (Lipinski definition) is 0. The fourth-order valence-electron chi connectivity index (χ4n) is 0. The fourth-order valence-corrected chi connectivity index (χ4v) is 0. The Bertz CT molecular complexity index is 52.6. The van der Waals surface area contributed by atoms with Crippen molar-refractivity contribution in [2.45, 2.75) is 26.6 Å². The quantitative estimate of drug-likeness (QED) is 0.381. The van der Waals surface area contributed by atoms with Crippen LogP contribution in [0.3, 0.4) is 0 Å². The average Bonchev–Trinajstić information content (AvgIpc) is 1.27. The standard InChI is InChI=1S/C4H11Si.C2H3O.Mg/c1-5(2,3)4;1-2-3;/h1H2,2-4H3;1H3;/q2*-1;+2. The van der Waals surface area contributed by atoms with Crippen molar-refractivity contribution in [2.75, 3.05) is 0 Å². The van der Waals surface area contributed by atoms with E-state index in [1.807, 2.05) is 0 Å². The van der Waals surface area contributed by atoms with Crippen molar-refractivity contribution in [3.8, 4) is 0 Å². The second-order valence-corrected chi connectivity index (χ2v) is 7.89. The summed E-state index contributed by atoms with van der Waals surface area (Å²) in [7, 11) is -0.861. The van der Waals surface area contributed by atoms with Gasteiger partial charge >= 0.3 is 23.1 Å². The van der Waals surface area contributed by atoms with E-state index in [-0.39, 0.29) is 23.1 Å². The summed E-state index contributed by atoms with van der Waals surface area (Å²) in [6.07, 6.45) is 1.50. The molecule has 0 saturated heterocycles. The molecule has 0 saturated carbocycles. The minimum absolute atomic E-state index is 0. The molecule has 9 heavy (non-hydrogen) atoms. The second kappa shape index (κ2) is 8.65. The van der Waals surface area contributed by atoms with Crippen LogP contribution in [0.2, 0.25) is 19.6 Å². The molecule has 0 fully saturated rings. The molecule has 0 N–H and O–H groups in total. The number of rotatable bonds is 0. The zero-order valence-corrected chi connectivity index (χ0v) is 9.24. The minimum Gasteiger partial charge on any atom is -0.542 e. The van der Waals surface area contributed by atoms with E-state index in [2.05, 4.69) is 26.2 Å². The Hall–Kier alpha value is 0.653. The Balaban J connectivity index is -0.0000000800. The van der Waals surface area contributed by atoms with E-state index in [1.54, 1.807) is 0 Å². The first-order valence-corrected chi connectivity index (χ1v) is 6.26. The minimum atomic E-state index is -0.861. The van der Waals surface area contributed by atoms with Gasteiger partial charge in [-0.25, -0.2) is 0 Å². The van der Waals surface area contributed by atoms with Crippen molar-refractivity contribution in [1.29, 1.82) is 0 Å². The molecule has 0 radical (unpaired) electrons. The first kappa shape index (κ1) is 16.3. The number of carbonyl (C=O) groups excluding carboxylic acids is 1. The largest absolute Gasteiger partial charge is 2.00 e. The average molecular weight is 155 g/mol. The van der Waals surface area contributed by atoms with Gasteiger partial charge in [0.25, 0.3) is 0 Å². The van der Waals surface area contributed by atoms with Crippen molar-refractivity contribution in [3.63, 3.8) is 0 Å². The zero-order valence-electron chi connectivity index (χ0n) is 6.82. The van der Waals surface area contributed by atoms with Gasteiger partial charge < -0.3 is 11.3 Å². The van der Waals surface area contributed by atoms with Crippen LogP contribution >= 0.6 is 0 Å². The van der Waals surface area contributed by atoms with Gasteiger partial charge in [-0.1, -0.05) is 19.6 Å². The van der Waals surface area contributed by atoms with Crippen LogP contribution in [0.5, 0.6) is 0 Å². The summed E-state index contributed by atoms with van der Waals surface area (Å²) in [6, 6.07) is 0. The van der Waals surface area contributed by atoms with E-state index >= 15 is 0 Å². The van der Waals surface area contributed by atoms with Gasteiger partial charge in [-0.2, -0.15) is 6.92 Å². The van der Waals surface area contributed by atoms with Crippen LogP contribution in [0.4, 0.5) is 0 Å². The number of hydrogen-bond acceptors (Lipinski definition) is 1. The molecule has 0 amide bonds. The van der Waals surface area contributed by atoms with Crippen LogP contribution in [-0.4, -0.2) is 37.4 Å². The third-order valence-corrected chi connectivity index (χ3v) is 0. The van der Waals surface area contributed by atoms with Gasteiger partial charge in [0.15, 0.2) is 0 Å². The molecule has 0 aromatic rings. The third-order valence-electron chi connectivity index (χ3n) is 0. The van der Waals surface area contributed by atoms with Crippen LogP contribution in [0.1, 0.15) is 6.92 Å². The van der Waals surface area contributed by atoms with E-state index in [9.17, 15) is 0 Å². The zero-order chi connectivity index (χ0) is 7.21. The van der Waals surface area contributed by atoms with E-state index in [0.717, 1.165) is 0 Å². The molecule has 0 bridgehead atoms. The van der Waals surface area contributed by atoms with Crippen molar-refractivity contribution in [2.24, 2.45) is 0 Å². The summed E-state index contributed by atoms with van der Waals surface area (Å²) in [5, 5.41) is 0. The molecule has 0 aliphatic carbocycles. The van der Waals surface area contributed by atoms with Gasteiger partial charge in [0.1, 0.15) is 0 Å². The molecule has 50 valence electrons. The molecule has 0 rings (SSSR count). The normalized spacial score (nSPS) is 8.11. The van der Waals surface area contributed by atoms with Crippen molar-refractivity contribution in [1.82, 2.24) is 0 Å². The smallest absolute Gasteiger partial charge is 0.542 e. The predicted molar refractivity (Wildman–Crippen MR) is 45.8 cm³/mol. The monoisotopic (exact) mass is 154 g/mol. The maximum Gasteiger partial charge on any atom is 2.00 e. The first-order valence-electron chi connectivity index (χ1n) is 2.56. The maximum atomic E-state index is 8.68. The van der Waals surface area contributed by atoms with Crippen molar-refractivity contribution in [3.05, 3.63) is 6.55 Å². The predicted octanol–water partition coefficient (Wildman–Crippen LogP) is 1.43. The summed E-state index contributed by atoms with van der Waals surface area (Å²) in [5.74, 6) is 0. The van der Waals surface area contributed by atoms with E-state index in [0.29, 0.717) is 0 Å². The molecule has 0 heterocycles. The Morgan fingerprint density at radius 1 is 1.33 bits per heavy atom. The van der Waals surface area contributed by atoms with Gasteiger partial charge in [0.2, 0.25) is 0 Å². The first-order chi connectivity index (χ1) is 3.41. The molecule has 0 aromatic heterocycles. The van der Waals surface area contributed by atoms with Crippen LogP contribution < -0.4 is 0 Å². The second-order valence-electron chi connectivity index (χ2n) is 2.76. The summed E-state index contributed by atoms with van der Waals surface area (Å²) in [5.41, 5.74) is 0. The molecule has 0 unspecified atom stereocenters. The molecule has 0 aliphatic rings. The molecule has 0 aliphatic heterocycles. The van der Waals surface area contributed by atoms with Crippen molar-refractivity contribution < 1.29 is 4.79 Å². The molecule has 0 aromatic carbocycles. The topological polar surface area (TPSA) is 17.1 Å². The van der Waals surface area contributed by atoms with E-state index in [4.69, 9.17) is 4.79 Å². The Kier molecular flexibility index (Phi) is 15.7. The van der Waals surface area contributed by atoms with E-state index in [1.165, 1.54) is 13.2 Å². The Labute approximate surface area is 75.4 Å². The Morgan fingerprint density at radius 2 is 1.33 bits per heavy atom. The van der Waals surface area contributed by atoms with Crippen molar-refractivity contribution >= 4 is 37.4 Å². The van der Waals surface area contributed by atoms with Crippen LogP contribution in [0.15, 0.2) is 0 Å². The van der Waals surface area contributed by atoms with Gasteiger partial charge in [-0.3, -0.25) is 6.29 Å². The summed E-state index contributed by atoms with van der Waals surface area (Å²) < 4.78 is 0. The molecular weight excluding hydrogens is 140 g/mol. The van der Waals surface area contributed by atoms with Crippen LogP contribution in [-0.2, 0) is 4.79 Å². The summed E-state index contributed by atoms with van der Waals surface area (Å²) in [6.45, 7) is 11.9. The van der Waals surface area contributed by atoms with Gasteiger partial charge in [0, 0.05) is 0 Å². The summed E-state index contributed by atoms with van der Waals surface area (Å²) in [4.78, 5) is 8.68.